The van der Waals surface area contributed by atoms with Gasteiger partial charge in [0.1, 0.15) is 0 Å². The number of aromatic nitrogens is 3. The highest BCUT2D eigenvalue weighted by atomic mass is 79.9. The van der Waals surface area contributed by atoms with E-state index in [4.69, 9.17) is 5.73 Å². The van der Waals surface area contributed by atoms with E-state index in [0.717, 1.165) is 15.4 Å². The van der Waals surface area contributed by atoms with Gasteiger partial charge < -0.3 is 5.73 Å². The van der Waals surface area contributed by atoms with E-state index in [9.17, 15) is 4.79 Å². The summed E-state index contributed by atoms with van der Waals surface area (Å²) in [5.41, 5.74) is 7.52. The van der Waals surface area contributed by atoms with Gasteiger partial charge in [0, 0.05) is 21.6 Å². The van der Waals surface area contributed by atoms with Gasteiger partial charge in [-0.1, -0.05) is 15.9 Å². The van der Waals surface area contributed by atoms with Crippen LogP contribution in [0, 0.1) is 0 Å². The Morgan fingerprint density at radius 2 is 2.19 bits per heavy atom. The molecule has 16 heavy (non-hydrogen) atoms. The highest BCUT2D eigenvalue weighted by molar-refractivity contribution is 9.10. The topological polar surface area (TPSA) is 76.2 Å². The Labute approximate surface area is 98.0 Å². The molecule has 0 unspecified atom stereocenters. The summed E-state index contributed by atoms with van der Waals surface area (Å²) >= 11 is 3.37. The van der Waals surface area contributed by atoms with Crippen molar-refractivity contribution >= 4 is 38.2 Å². The fraction of sp³-hybridized carbons (Fsp3) is 0. The van der Waals surface area contributed by atoms with E-state index in [1.54, 1.807) is 6.07 Å². The molecular weight excluding hydrogens is 272 g/mol. The molecule has 0 aliphatic carbocycles. The van der Waals surface area contributed by atoms with Crippen LogP contribution in [-0.4, -0.2) is 14.6 Å². The number of benzene rings is 1. The van der Waals surface area contributed by atoms with E-state index in [2.05, 4.69) is 26.1 Å². The maximum atomic E-state index is 11.6. The molecule has 6 heteroatoms. The van der Waals surface area contributed by atoms with E-state index in [0.29, 0.717) is 11.3 Å². The predicted octanol–water partition coefficient (Wildman–Crippen LogP) is 1.52. The van der Waals surface area contributed by atoms with Crippen LogP contribution < -0.4 is 11.4 Å². The van der Waals surface area contributed by atoms with Gasteiger partial charge in [-0.3, -0.25) is 0 Å². The van der Waals surface area contributed by atoms with Gasteiger partial charge in [0.2, 0.25) is 0 Å². The zero-order chi connectivity index (χ0) is 11.3. The zero-order valence-corrected chi connectivity index (χ0v) is 9.65. The summed E-state index contributed by atoms with van der Waals surface area (Å²) in [4.78, 5) is 11.6. The molecule has 0 radical (unpaired) electrons. The molecule has 0 bridgehead atoms. The fourth-order valence-corrected chi connectivity index (χ4v) is 2.15. The van der Waals surface area contributed by atoms with Crippen LogP contribution in [0.1, 0.15) is 0 Å². The second kappa shape index (κ2) is 3.08. The molecule has 0 saturated carbocycles. The van der Waals surface area contributed by atoms with E-state index >= 15 is 0 Å². The number of nitrogens with zero attached hydrogens (tertiary/aromatic N) is 2. The Morgan fingerprint density at radius 1 is 1.38 bits per heavy atom. The second-order valence-electron chi connectivity index (χ2n) is 3.48. The molecule has 1 aromatic carbocycles. The standard InChI is InChI=1S/C10H7BrN4O/c11-5-1-2-8-6(3-5)7(12)4-9-13-14-10(16)15(8)9/h1-4H,12H2,(H,14,16). The molecule has 0 saturated heterocycles. The van der Waals surface area contributed by atoms with Crippen molar-refractivity contribution in [1.82, 2.24) is 14.6 Å². The second-order valence-corrected chi connectivity index (χ2v) is 4.40. The lowest BCUT2D eigenvalue weighted by Gasteiger charge is -2.04. The van der Waals surface area contributed by atoms with Crippen LogP contribution in [0.2, 0.25) is 0 Å². The van der Waals surface area contributed by atoms with Gasteiger partial charge >= 0.3 is 5.69 Å². The highest BCUT2D eigenvalue weighted by Gasteiger charge is 2.08. The summed E-state index contributed by atoms with van der Waals surface area (Å²) in [7, 11) is 0. The lowest BCUT2D eigenvalue weighted by molar-refractivity contribution is 1.04. The summed E-state index contributed by atoms with van der Waals surface area (Å²) in [5.74, 6) is 0. The van der Waals surface area contributed by atoms with Gasteiger partial charge in [0.25, 0.3) is 0 Å². The van der Waals surface area contributed by atoms with E-state index in [1.165, 1.54) is 4.40 Å². The number of anilines is 1. The molecule has 2 aromatic heterocycles. The first kappa shape index (κ1) is 9.41. The molecule has 3 aromatic rings. The molecule has 0 aliphatic heterocycles. The molecule has 2 heterocycles. The van der Waals surface area contributed by atoms with Crippen LogP contribution in [0.4, 0.5) is 5.69 Å². The minimum atomic E-state index is -0.262. The Kier molecular flexibility index (Phi) is 1.81. The van der Waals surface area contributed by atoms with Gasteiger partial charge in [-0.05, 0) is 18.2 Å². The molecule has 0 fully saturated rings. The lowest BCUT2D eigenvalue weighted by Crippen LogP contribution is -2.10. The van der Waals surface area contributed by atoms with Gasteiger partial charge in [0.15, 0.2) is 5.65 Å². The van der Waals surface area contributed by atoms with E-state index in [1.807, 2.05) is 18.2 Å². The van der Waals surface area contributed by atoms with Crippen LogP contribution in [0.25, 0.3) is 16.6 Å². The van der Waals surface area contributed by atoms with Gasteiger partial charge in [0.05, 0.1) is 5.52 Å². The summed E-state index contributed by atoms with van der Waals surface area (Å²) in [5, 5.41) is 7.11. The number of rotatable bonds is 0. The third-order valence-electron chi connectivity index (χ3n) is 2.49. The van der Waals surface area contributed by atoms with Crippen molar-refractivity contribution < 1.29 is 0 Å². The minimum absolute atomic E-state index is 0.262. The molecule has 5 nitrogen and oxygen atoms in total. The molecule has 0 aliphatic rings. The van der Waals surface area contributed by atoms with Crippen LogP contribution in [0.15, 0.2) is 33.5 Å². The monoisotopic (exact) mass is 278 g/mol. The zero-order valence-electron chi connectivity index (χ0n) is 8.07. The molecule has 0 spiro atoms. The van der Waals surface area contributed by atoms with Gasteiger partial charge in [-0.25, -0.2) is 14.3 Å². The number of hydrogen-bond acceptors (Lipinski definition) is 3. The summed E-state index contributed by atoms with van der Waals surface area (Å²) in [6, 6.07) is 7.25. The van der Waals surface area contributed by atoms with Crippen LogP contribution >= 0.6 is 15.9 Å². The van der Waals surface area contributed by atoms with Crippen molar-refractivity contribution in [3.63, 3.8) is 0 Å². The first-order valence-electron chi connectivity index (χ1n) is 4.62. The SMILES string of the molecule is Nc1cc2n[nH]c(=O)n2c2ccc(Br)cc12. The van der Waals surface area contributed by atoms with Crippen molar-refractivity contribution in [2.75, 3.05) is 5.73 Å². The quantitative estimate of drug-likeness (QED) is 0.655. The Hall–Kier alpha value is -1.82. The Bertz CT molecular complexity index is 758. The third-order valence-corrected chi connectivity index (χ3v) is 2.99. The van der Waals surface area contributed by atoms with Crippen molar-refractivity contribution in [2.24, 2.45) is 0 Å². The number of H-pyrrole nitrogens is 1. The van der Waals surface area contributed by atoms with Crippen molar-refractivity contribution in [3.05, 3.63) is 39.2 Å². The molecule has 0 amide bonds. The first-order chi connectivity index (χ1) is 7.66. The number of pyridine rings is 1. The predicted molar refractivity (Wildman–Crippen MR) is 65.4 cm³/mol. The normalized spacial score (nSPS) is 11.3. The van der Waals surface area contributed by atoms with Crippen molar-refractivity contribution in [2.45, 2.75) is 0 Å². The number of fused-ring (bicyclic) bond motifs is 3. The largest absolute Gasteiger partial charge is 0.398 e. The highest BCUT2D eigenvalue weighted by Crippen LogP contribution is 2.25. The Balaban J connectivity index is 2.68. The van der Waals surface area contributed by atoms with Gasteiger partial charge in [-0.15, -0.1) is 0 Å². The Morgan fingerprint density at radius 3 is 3.00 bits per heavy atom. The molecular formula is C10H7BrN4O. The van der Waals surface area contributed by atoms with E-state index in [-0.39, 0.29) is 5.69 Å². The number of hydrogen-bond donors (Lipinski definition) is 2. The van der Waals surface area contributed by atoms with Crippen molar-refractivity contribution in [3.8, 4) is 0 Å². The molecule has 3 rings (SSSR count). The number of nitrogen functional groups attached to an aromatic ring is 1. The molecule has 3 N–H and O–H groups in total. The van der Waals surface area contributed by atoms with Crippen molar-refractivity contribution in [1.29, 1.82) is 0 Å². The summed E-state index contributed by atoms with van der Waals surface area (Å²) in [6.07, 6.45) is 0. The smallest absolute Gasteiger partial charge is 0.348 e. The maximum Gasteiger partial charge on any atom is 0.348 e. The number of aromatic amines is 1. The van der Waals surface area contributed by atoms with Crippen LogP contribution in [0.5, 0.6) is 0 Å². The summed E-state index contributed by atoms with van der Waals surface area (Å²) in [6.45, 7) is 0. The average molecular weight is 279 g/mol. The van der Waals surface area contributed by atoms with Crippen LogP contribution in [-0.2, 0) is 0 Å². The number of nitrogens with two attached hydrogens (primary N) is 1. The lowest BCUT2D eigenvalue weighted by atomic mass is 10.2. The summed E-state index contributed by atoms with van der Waals surface area (Å²) < 4.78 is 2.42. The minimum Gasteiger partial charge on any atom is -0.398 e. The van der Waals surface area contributed by atoms with Crippen LogP contribution in [0.3, 0.4) is 0 Å². The molecule has 0 atom stereocenters. The fourth-order valence-electron chi connectivity index (χ4n) is 1.79. The first-order valence-corrected chi connectivity index (χ1v) is 5.41. The number of halogens is 1. The third kappa shape index (κ3) is 1.16. The van der Waals surface area contributed by atoms with Gasteiger partial charge in [-0.2, -0.15) is 5.10 Å². The maximum absolute atomic E-state index is 11.6. The van der Waals surface area contributed by atoms with E-state index < -0.39 is 0 Å². The number of nitrogens with one attached hydrogen (secondary N) is 1. The molecule has 80 valence electrons. The average Bonchev–Trinajstić information content (AvgIpc) is 2.61.